The molecule has 4 nitrogen and oxygen atoms in total. The summed E-state index contributed by atoms with van der Waals surface area (Å²) < 4.78 is 7.02. The van der Waals surface area contributed by atoms with Crippen LogP contribution in [0.4, 0.5) is 0 Å². The average molecular weight is 182 g/mol. The zero-order chi connectivity index (χ0) is 9.42. The molecular weight excluding hydrogens is 168 g/mol. The van der Waals surface area contributed by atoms with Crippen molar-refractivity contribution in [2.45, 2.75) is 18.9 Å². The fourth-order valence-electron chi connectivity index (χ4n) is 1.72. The summed E-state index contributed by atoms with van der Waals surface area (Å²) in [6.07, 6.45) is 1.45. The van der Waals surface area contributed by atoms with Crippen LogP contribution in [0.25, 0.3) is 0 Å². The van der Waals surface area contributed by atoms with Crippen molar-refractivity contribution >= 4 is 0 Å². The molecule has 2 unspecified atom stereocenters. The third-order valence-electron chi connectivity index (χ3n) is 2.72. The maximum atomic E-state index is 9.61. The van der Waals surface area contributed by atoms with Crippen LogP contribution in [0.2, 0.25) is 0 Å². The predicted molar refractivity (Wildman–Crippen MR) is 47.5 cm³/mol. The van der Waals surface area contributed by atoms with Gasteiger partial charge in [0.25, 0.3) is 0 Å². The number of aliphatic hydroxyl groups excluding tert-OH is 1. The van der Waals surface area contributed by atoms with Crippen LogP contribution in [0.1, 0.15) is 17.2 Å². The SMILES string of the molecule is Cc1c(C2COCC2O)cnn1C. The Morgan fingerprint density at radius 2 is 2.38 bits per heavy atom. The summed E-state index contributed by atoms with van der Waals surface area (Å²) >= 11 is 0. The molecule has 1 aromatic rings. The largest absolute Gasteiger partial charge is 0.390 e. The van der Waals surface area contributed by atoms with Gasteiger partial charge in [-0.2, -0.15) is 5.10 Å². The van der Waals surface area contributed by atoms with E-state index in [2.05, 4.69) is 5.10 Å². The standard InChI is InChI=1S/C9H14N2O2/c1-6-7(3-10-11(6)2)8-4-13-5-9(8)12/h3,8-9,12H,4-5H2,1-2H3. The summed E-state index contributed by atoms with van der Waals surface area (Å²) in [7, 11) is 1.90. The molecule has 1 aliphatic rings. The first kappa shape index (κ1) is 8.72. The number of nitrogens with zero attached hydrogens (tertiary/aromatic N) is 2. The van der Waals surface area contributed by atoms with Gasteiger partial charge in [-0.3, -0.25) is 4.68 Å². The third-order valence-corrected chi connectivity index (χ3v) is 2.72. The lowest BCUT2D eigenvalue weighted by Crippen LogP contribution is -2.16. The van der Waals surface area contributed by atoms with E-state index in [1.807, 2.05) is 24.9 Å². The molecule has 2 rings (SSSR count). The third kappa shape index (κ3) is 1.36. The van der Waals surface area contributed by atoms with E-state index < -0.39 is 0 Å². The van der Waals surface area contributed by atoms with Gasteiger partial charge in [0.2, 0.25) is 0 Å². The van der Waals surface area contributed by atoms with Gasteiger partial charge in [0.15, 0.2) is 0 Å². The molecule has 13 heavy (non-hydrogen) atoms. The van der Waals surface area contributed by atoms with Crippen LogP contribution >= 0.6 is 0 Å². The van der Waals surface area contributed by atoms with E-state index in [1.165, 1.54) is 0 Å². The summed E-state index contributed by atoms with van der Waals surface area (Å²) in [4.78, 5) is 0. The Morgan fingerprint density at radius 1 is 1.62 bits per heavy atom. The Hall–Kier alpha value is -0.870. The van der Waals surface area contributed by atoms with Crippen molar-refractivity contribution in [1.29, 1.82) is 0 Å². The van der Waals surface area contributed by atoms with E-state index in [9.17, 15) is 5.11 Å². The first-order chi connectivity index (χ1) is 6.20. The molecule has 4 heteroatoms. The second-order valence-corrected chi connectivity index (χ2v) is 3.52. The average Bonchev–Trinajstić information content (AvgIpc) is 2.62. The molecule has 2 atom stereocenters. The molecule has 1 saturated heterocycles. The van der Waals surface area contributed by atoms with Crippen molar-refractivity contribution in [3.63, 3.8) is 0 Å². The number of hydrogen-bond acceptors (Lipinski definition) is 3. The van der Waals surface area contributed by atoms with Crippen molar-refractivity contribution < 1.29 is 9.84 Å². The van der Waals surface area contributed by atoms with Gasteiger partial charge in [-0.05, 0) is 6.92 Å². The minimum absolute atomic E-state index is 0.105. The number of rotatable bonds is 1. The molecule has 72 valence electrons. The predicted octanol–water partition coefficient (Wildman–Crippen LogP) is 0.203. The van der Waals surface area contributed by atoms with Crippen LogP contribution in [0.3, 0.4) is 0 Å². The molecule has 1 aliphatic heterocycles. The second-order valence-electron chi connectivity index (χ2n) is 3.52. The lowest BCUT2D eigenvalue weighted by atomic mass is 9.97. The summed E-state index contributed by atoms with van der Waals surface area (Å²) in [5.41, 5.74) is 2.21. The number of hydrogen-bond donors (Lipinski definition) is 1. The number of ether oxygens (including phenoxy) is 1. The van der Waals surface area contributed by atoms with Gasteiger partial charge in [0.1, 0.15) is 0 Å². The first-order valence-corrected chi connectivity index (χ1v) is 4.44. The Labute approximate surface area is 77.1 Å². The normalized spacial score (nSPS) is 28.2. The zero-order valence-corrected chi connectivity index (χ0v) is 7.90. The molecule has 1 aromatic heterocycles. The maximum Gasteiger partial charge on any atom is 0.0865 e. The highest BCUT2D eigenvalue weighted by Gasteiger charge is 2.29. The first-order valence-electron chi connectivity index (χ1n) is 4.44. The topological polar surface area (TPSA) is 47.3 Å². The molecule has 0 amide bonds. The fourth-order valence-corrected chi connectivity index (χ4v) is 1.72. The molecule has 0 aliphatic carbocycles. The van der Waals surface area contributed by atoms with E-state index in [0.717, 1.165) is 11.3 Å². The van der Waals surface area contributed by atoms with E-state index in [-0.39, 0.29) is 12.0 Å². The van der Waals surface area contributed by atoms with Crippen LogP contribution in [-0.4, -0.2) is 34.2 Å². The van der Waals surface area contributed by atoms with E-state index in [1.54, 1.807) is 0 Å². The van der Waals surface area contributed by atoms with Crippen molar-refractivity contribution in [3.8, 4) is 0 Å². The van der Waals surface area contributed by atoms with Gasteiger partial charge in [0, 0.05) is 24.2 Å². The van der Waals surface area contributed by atoms with E-state index in [4.69, 9.17) is 4.74 Å². The molecule has 2 heterocycles. The van der Waals surface area contributed by atoms with Gasteiger partial charge in [-0.15, -0.1) is 0 Å². The van der Waals surface area contributed by atoms with Crippen LogP contribution in [-0.2, 0) is 11.8 Å². The molecule has 1 fully saturated rings. The lowest BCUT2D eigenvalue weighted by molar-refractivity contribution is 0.124. The van der Waals surface area contributed by atoms with Crippen LogP contribution in [0, 0.1) is 6.92 Å². The van der Waals surface area contributed by atoms with E-state index in [0.29, 0.717) is 13.2 Å². The monoisotopic (exact) mass is 182 g/mol. The second kappa shape index (κ2) is 3.12. The number of aryl methyl sites for hydroxylation is 1. The highest BCUT2D eigenvalue weighted by atomic mass is 16.5. The summed E-state index contributed by atoms with van der Waals surface area (Å²) in [6, 6.07) is 0. The van der Waals surface area contributed by atoms with Crippen molar-refractivity contribution in [2.75, 3.05) is 13.2 Å². The van der Waals surface area contributed by atoms with Crippen LogP contribution in [0.15, 0.2) is 6.20 Å². The van der Waals surface area contributed by atoms with E-state index >= 15 is 0 Å². The number of aliphatic hydroxyl groups is 1. The summed E-state index contributed by atoms with van der Waals surface area (Å²) in [6.45, 7) is 3.06. The van der Waals surface area contributed by atoms with Gasteiger partial charge in [-0.25, -0.2) is 0 Å². The minimum Gasteiger partial charge on any atom is -0.390 e. The fraction of sp³-hybridized carbons (Fsp3) is 0.667. The van der Waals surface area contributed by atoms with Crippen LogP contribution in [0.5, 0.6) is 0 Å². The van der Waals surface area contributed by atoms with Crippen molar-refractivity contribution in [3.05, 3.63) is 17.5 Å². The van der Waals surface area contributed by atoms with Crippen molar-refractivity contribution in [2.24, 2.45) is 7.05 Å². The summed E-state index contributed by atoms with van der Waals surface area (Å²) in [5, 5.41) is 13.8. The lowest BCUT2D eigenvalue weighted by Gasteiger charge is -2.11. The smallest absolute Gasteiger partial charge is 0.0865 e. The van der Waals surface area contributed by atoms with Crippen molar-refractivity contribution in [1.82, 2.24) is 9.78 Å². The molecule has 0 spiro atoms. The quantitative estimate of drug-likeness (QED) is 0.675. The molecule has 0 aromatic carbocycles. The molecule has 1 N–H and O–H groups in total. The Kier molecular flexibility index (Phi) is 2.09. The zero-order valence-electron chi connectivity index (χ0n) is 7.90. The van der Waals surface area contributed by atoms with Gasteiger partial charge in [-0.1, -0.05) is 0 Å². The minimum atomic E-state index is -0.372. The van der Waals surface area contributed by atoms with Gasteiger partial charge < -0.3 is 9.84 Å². The maximum absolute atomic E-state index is 9.61. The highest BCUT2D eigenvalue weighted by molar-refractivity contribution is 5.23. The Bertz CT molecular complexity index is 309. The molecular formula is C9H14N2O2. The molecule has 0 bridgehead atoms. The van der Waals surface area contributed by atoms with Gasteiger partial charge >= 0.3 is 0 Å². The number of aromatic nitrogens is 2. The Morgan fingerprint density at radius 3 is 2.85 bits per heavy atom. The molecule has 0 radical (unpaired) electrons. The molecule has 0 saturated carbocycles. The Balaban J connectivity index is 2.29. The van der Waals surface area contributed by atoms with Crippen LogP contribution < -0.4 is 0 Å². The summed E-state index contributed by atoms with van der Waals surface area (Å²) in [5.74, 6) is 0.105. The van der Waals surface area contributed by atoms with Gasteiger partial charge in [0.05, 0.1) is 25.5 Å². The highest BCUT2D eigenvalue weighted by Crippen LogP contribution is 2.27.